The van der Waals surface area contributed by atoms with E-state index < -0.39 is 5.97 Å². The van der Waals surface area contributed by atoms with Crippen LogP contribution in [0.3, 0.4) is 0 Å². The van der Waals surface area contributed by atoms with Gasteiger partial charge in [-0.2, -0.15) is 0 Å². The van der Waals surface area contributed by atoms with Gasteiger partial charge in [0.05, 0.1) is 9.26 Å². The molecule has 0 aliphatic heterocycles. The summed E-state index contributed by atoms with van der Waals surface area (Å²) in [5, 5.41) is 9.47. The normalized spacial score (nSPS) is 10.8. The van der Waals surface area contributed by atoms with Crippen molar-refractivity contribution in [3.05, 3.63) is 31.9 Å². The predicted octanol–water partition coefficient (Wildman–Crippen LogP) is 3.97. The minimum atomic E-state index is -0.870. The average Bonchev–Trinajstić information content (AvgIpc) is 2.63. The van der Waals surface area contributed by atoms with Crippen LogP contribution in [0.1, 0.15) is 29.6 Å². The molecule has 4 nitrogen and oxygen atoms in total. The first-order valence-corrected chi connectivity index (χ1v) is 7.58. The number of hydrogen-bond donors (Lipinski definition) is 2. The fraction of sp³-hybridized carbons (Fsp3) is 0.231. The molecule has 0 aliphatic rings. The Bertz CT molecular complexity index is 651. The van der Waals surface area contributed by atoms with Crippen molar-refractivity contribution in [2.24, 2.45) is 0 Å². The monoisotopic (exact) mass is 435 g/mol. The van der Waals surface area contributed by atoms with Crippen LogP contribution in [0.4, 0.5) is 0 Å². The number of carboxylic acids is 1. The van der Waals surface area contributed by atoms with E-state index in [0.717, 1.165) is 19.1 Å². The van der Waals surface area contributed by atoms with E-state index in [0.29, 0.717) is 12.0 Å². The van der Waals surface area contributed by atoms with E-state index in [1.165, 1.54) is 0 Å². The van der Waals surface area contributed by atoms with E-state index in [-0.39, 0.29) is 18.6 Å². The molecule has 2 N–H and O–H groups in total. The summed E-state index contributed by atoms with van der Waals surface area (Å²) in [7, 11) is 0. The highest BCUT2D eigenvalue weighted by atomic mass is 127. The summed E-state index contributed by atoms with van der Waals surface area (Å²) >= 11 is 5.49. The minimum Gasteiger partial charge on any atom is -0.481 e. The lowest BCUT2D eigenvalue weighted by Crippen LogP contribution is -2.02. The molecule has 19 heavy (non-hydrogen) atoms. The van der Waals surface area contributed by atoms with Crippen molar-refractivity contribution in [1.29, 1.82) is 0 Å². The third-order valence-electron chi connectivity index (χ3n) is 2.79. The van der Waals surface area contributed by atoms with Gasteiger partial charge in [-0.15, -0.1) is 0 Å². The number of halogens is 2. The van der Waals surface area contributed by atoms with Gasteiger partial charge < -0.3 is 10.1 Å². The van der Waals surface area contributed by atoms with E-state index in [4.69, 9.17) is 5.11 Å². The van der Waals surface area contributed by atoms with Crippen molar-refractivity contribution in [3.8, 4) is 0 Å². The maximum atomic E-state index is 12.2. The molecule has 2 aromatic rings. The summed E-state index contributed by atoms with van der Waals surface area (Å²) in [5.41, 5.74) is 1.56. The number of rotatable bonds is 5. The van der Waals surface area contributed by atoms with Gasteiger partial charge in [-0.1, -0.05) is 22.0 Å². The third kappa shape index (κ3) is 3.36. The van der Waals surface area contributed by atoms with Crippen LogP contribution in [0, 0.1) is 3.70 Å². The van der Waals surface area contributed by atoms with Gasteiger partial charge in [0, 0.05) is 28.2 Å². The van der Waals surface area contributed by atoms with Crippen LogP contribution < -0.4 is 0 Å². The van der Waals surface area contributed by atoms with Gasteiger partial charge in [0.2, 0.25) is 0 Å². The number of carboxylic acid groups (broad SMARTS) is 1. The van der Waals surface area contributed by atoms with Crippen molar-refractivity contribution in [3.63, 3.8) is 0 Å². The molecule has 0 bridgehead atoms. The number of nitrogens with one attached hydrogen (secondary N) is 1. The zero-order valence-electron chi connectivity index (χ0n) is 9.87. The summed E-state index contributed by atoms with van der Waals surface area (Å²) in [4.78, 5) is 25.8. The molecule has 0 amide bonds. The number of carbonyl (C=O) groups excluding carboxylic acids is 1. The number of aliphatic carboxylic acids is 1. The van der Waals surface area contributed by atoms with Crippen molar-refractivity contribution in [2.45, 2.75) is 19.3 Å². The maximum Gasteiger partial charge on any atom is 0.303 e. The van der Waals surface area contributed by atoms with Gasteiger partial charge in [0.25, 0.3) is 0 Å². The molecular weight excluding hydrogens is 425 g/mol. The van der Waals surface area contributed by atoms with Crippen LogP contribution in [0.15, 0.2) is 22.7 Å². The number of Topliss-reactive ketones (excluding diaryl/α,β-unsaturated/α-hetero) is 1. The molecule has 0 saturated carbocycles. The lowest BCUT2D eigenvalue weighted by Gasteiger charge is -2.00. The van der Waals surface area contributed by atoms with E-state index in [9.17, 15) is 9.59 Å². The Labute approximate surface area is 131 Å². The van der Waals surface area contributed by atoms with Crippen molar-refractivity contribution >= 4 is 61.2 Å². The highest BCUT2D eigenvalue weighted by Crippen LogP contribution is 2.27. The molecule has 0 spiro atoms. The molecular formula is C13H11BrINO3. The van der Waals surface area contributed by atoms with Crippen LogP contribution in [-0.4, -0.2) is 21.8 Å². The largest absolute Gasteiger partial charge is 0.481 e. The summed E-state index contributed by atoms with van der Waals surface area (Å²) in [6.45, 7) is 0. The summed E-state index contributed by atoms with van der Waals surface area (Å²) in [6, 6.07) is 5.70. The number of aromatic nitrogens is 1. The van der Waals surface area contributed by atoms with Gasteiger partial charge in [-0.25, -0.2) is 0 Å². The fourth-order valence-corrected chi connectivity index (χ4v) is 3.18. The van der Waals surface area contributed by atoms with Gasteiger partial charge in [0.15, 0.2) is 5.78 Å². The topological polar surface area (TPSA) is 70.2 Å². The van der Waals surface area contributed by atoms with E-state index >= 15 is 0 Å². The zero-order chi connectivity index (χ0) is 14.0. The Morgan fingerprint density at radius 2 is 2.05 bits per heavy atom. The first kappa shape index (κ1) is 14.5. The SMILES string of the molecule is O=C(O)CCCC(=O)c1c(I)[nH]c2cc(Br)ccc12. The highest BCUT2D eigenvalue weighted by molar-refractivity contribution is 14.1. The second-order valence-electron chi connectivity index (χ2n) is 4.17. The van der Waals surface area contributed by atoms with E-state index in [1.807, 2.05) is 18.2 Å². The van der Waals surface area contributed by atoms with Crippen molar-refractivity contribution in [2.75, 3.05) is 0 Å². The Balaban J connectivity index is 2.26. The second-order valence-corrected chi connectivity index (χ2v) is 6.17. The molecule has 0 aliphatic carbocycles. The standard InChI is InChI=1S/C13H11BrINO3/c14-7-4-5-8-9(6-7)16-13(15)12(8)10(17)2-1-3-11(18)19/h4-6,16H,1-3H2,(H,18,19). The lowest BCUT2D eigenvalue weighted by atomic mass is 10.0. The summed E-state index contributed by atoms with van der Waals surface area (Å²) in [6.07, 6.45) is 0.648. The fourth-order valence-electron chi connectivity index (χ4n) is 1.93. The summed E-state index contributed by atoms with van der Waals surface area (Å²) < 4.78 is 1.74. The first-order chi connectivity index (χ1) is 8.99. The molecule has 100 valence electrons. The van der Waals surface area contributed by atoms with E-state index in [1.54, 1.807) is 0 Å². The Kier molecular flexibility index (Phi) is 4.62. The van der Waals surface area contributed by atoms with Crippen LogP contribution in [0.5, 0.6) is 0 Å². The number of hydrogen-bond acceptors (Lipinski definition) is 2. The molecule has 1 aromatic heterocycles. The predicted molar refractivity (Wildman–Crippen MR) is 84.5 cm³/mol. The molecule has 0 atom stereocenters. The Morgan fingerprint density at radius 1 is 1.32 bits per heavy atom. The number of benzene rings is 1. The van der Waals surface area contributed by atoms with Gasteiger partial charge in [0.1, 0.15) is 0 Å². The lowest BCUT2D eigenvalue weighted by molar-refractivity contribution is -0.137. The van der Waals surface area contributed by atoms with Gasteiger partial charge in [-0.05, 0) is 41.1 Å². The van der Waals surface area contributed by atoms with Gasteiger partial charge >= 0.3 is 5.97 Å². The zero-order valence-corrected chi connectivity index (χ0v) is 13.6. The van der Waals surface area contributed by atoms with Crippen LogP contribution >= 0.6 is 38.5 Å². The first-order valence-electron chi connectivity index (χ1n) is 5.70. The Hall–Kier alpha value is -0.890. The van der Waals surface area contributed by atoms with Gasteiger partial charge in [-0.3, -0.25) is 9.59 Å². The minimum absolute atomic E-state index is 0.0146. The number of carbonyl (C=O) groups is 2. The molecule has 0 fully saturated rings. The van der Waals surface area contributed by atoms with Crippen LogP contribution in [0.25, 0.3) is 10.9 Å². The molecule has 0 saturated heterocycles. The number of ketones is 1. The molecule has 6 heteroatoms. The average molecular weight is 436 g/mol. The van der Waals surface area contributed by atoms with Crippen LogP contribution in [0.2, 0.25) is 0 Å². The molecule has 0 unspecified atom stereocenters. The van der Waals surface area contributed by atoms with Crippen LogP contribution in [-0.2, 0) is 4.79 Å². The molecule has 2 rings (SSSR count). The van der Waals surface area contributed by atoms with E-state index in [2.05, 4.69) is 43.5 Å². The third-order valence-corrected chi connectivity index (χ3v) is 4.09. The maximum absolute atomic E-state index is 12.2. The number of H-pyrrole nitrogens is 1. The summed E-state index contributed by atoms with van der Waals surface area (Å²) in [5.74, 6) is -0.885. The molecule has 0 radical (unpaired) electrons. The number of fused-ring (bicyclic) bond motifs is 1. The second kappa shape index (κ2) is 6.04. The number of aromatic amines is 1. The van der Waals surface area contributed by atoms with Crippen molar-refractivity contribution in [1.82, 2.24) is 4.98 Å². The quantitative estimate of drug-likeness (QED) is 0.551. The van der Waals surface area contributed by atoms with Crippen molar-refractivity contribution < 1.29 is 14.7 Å². The smallest absolute Gasteiger partial charge is 0.303 e. The molecule has 1 aromatic carbocycles. The Morgan fingerprint density at radius 3 is 2.74 bits per heavy atom. The molecule has 1 heterocycles. The highest BCUT2D eigenvalue weighted by Gasteiger charge is 2.17.